The monoisotopic (exact) mass is 452 g/mol. The minimum atomic E-state index is -0.187. The van der Waals surface area contributed by atoms with Gasteiger partial charge in [0.05, 0.1) is 37.0 Å². The third-order valence-corrected chi connectivity index (χ3v) is 5.44. The first kappa shape index (κ1) is 20.1. The molecule has 144 valence electrons. The number of carbonyl (C=O) groups excluding carboxylic acids is 1. The molecule has 1 heterocycles. The second kappa shape index (κ2) is 9.55. The second-order valence-electron chi connectivity index (χ2n) is 6.27. The number of carbonyl (C=O) groups is 1. The molecule has 1 saturated heterocycles. The molecular weight excluding hydrogens is 432 g/mol. The minimum absolute atomic E-state index is 0.0506. The van der Waals surface area contributed by atoms with Crippen LogP contribution in [0.5, 0.6) is 5.75 Å². The molecule has 2 aromatic carbocycles. The Morgan fingerprint density at radius 2 is 1.96 bits per heavy atom. The molecule has 0 spiro atoms. The maximum Gasteiger partial charge on any atom is 0.252 e. The van der Waals surface area contributed by atoms with Gasteiger partial charge < -0.3 is 14.8 Å². The van der Waals surface area contributed by atoms with Crippen LogP contribution in [0.15, 0.2) is 46.9 Å². The SMILES string of the molecule is COc1ccc(C(CNC(=O)c2cc(Br)ccc2Cl)N2CCOCC2)cc1. The molecular formula is C20H22BrClN2O3. The largest absolute Gasteiger partial charge is 0.497 e. The summed E-state index contributed by atoms with van der Waals surface area (Å²) in [5.41, 5.74) is 1.58. The number of benzene rings is 2. The van der Waals surface area contributed by atoms with Gasteiger partial charge in [0.25, 0.3) is 5.91 Å². The predicted octanol–water partition coefficient (Wildman–Crippen LogP) is 3.91. The Bertz CT molecular complexity index is 779. The van der Waals surface area contributed by atoms with Crippen LogP contribution in [0.2, 0.25) is 5.02 Å². The van der Waals surface area contributed by atoms with Gasteiger partial charge >= 0.3 is 0 Å². The van der Waals surface area contributed by atoms with Crippen LogP contribution in [0.3, 0.4) is 0 Å². The van der Waals surface area contributed by atoms with Crippen LogP contribution in [0.1, 0.15) is 22.0 Å². The molecule has 5 nitrogen and oxygen atoms in total. The minimum Gasteiger partial charge on any atom is -0.497 e. The Balaban J connectivity index is 1.76. The number of nitrogens with zero attached hydrogens (tertiary/aromatic N) is 1. The van der Waals surface area contributed by atoms with Gasteiger partial charge in [0.15, 0.2) is 0 Å². The average Bonchev–Trinajstić information content (AvgIpc) is 2.71. The van der Waals surface area contributed by atoms with E-state index < -0.39 is 0 Å². The first-order valence-electron chi connectivity index (χ1n) is 8.77. The van der Waals surface area contributed by atoms with E-state index in [1.54, 1.807) is 19.2 Å². The Hall–Kier alpha value is -1.60. The first-order valence-corrected chi connectivity index (χ1v) is 9.94. The Morgan fingerprint density at radius 3 is 2.63 bits per heavy atom. The smallest absolute Gasteiger partial charge is 0.252 e. The number of methoxy groups -OCH3 is 1. The third kappa shape index (κ3) is 5.23. The zero-order chi connectivity index (χ0) is 19.2. The summed E-state index contributed by atoms with van der Waals surface area (Å²) in [4.78, 5) is 15.0. The van der Waals surface area contributed by atoms with Crippen molar-refractivity contribution in [3.8, 4) is 5.75 Å². The predicted molar refractivity (Wildman–Crippen MR) is 110 cm³/mol. The van der Waals surface area contributed by atoms with Gasteiger partial charge in [0.1, 0.15) is 5.75 Å². The van der Waals surface area contributed by atoms with Gasteiger partial charge in [-0.15, -0.1) is 0 Å². The van der Waals surface area contributed by atoms with Crippen molar-refractivity contribution in [2.45, 2.75) is 6.04 Å². The molecule has 2 aromatic rings. The normalized spacial score (nSPS) is 16.0. The third-order valence-electron chi connectivity index (χ3n) is 4.62. The van der Waals surface area contributed by atoms with Crippen molar-refractivity contribution < 1.29 is 14.3 Å². The van der Waals surface area contributed by atoms with E-state index in [1.165, 1.54) is 0 Å². The molecule has 1 unspecified atom stereocenters. The Morgan fingerprint density at radius 1 is 1.26 bits per heavy atom. The molecule has 3 rings (SSSR count). The highest BCUT2D eigenvalue weighted by atomic mass is 79.9. The molecule has 7 heteroatoms. The van der Waals surface area contributed by atoms with Gasteiger partial charge in [-0.05, 0) is 35.9 Å². The number of hydrogen-bond acceptors (Lipinski definition) is 4. The lowest BCUT2D eigenvalue weighted by Gasteiger charge is -2.35. The van der Waals surface area contributed by atoms with Crippen molar-refractivity contribution in [2.24, 2.45) is 0 Å². The summed E-state index contributed by atoms with van der Waals surface area (Å²) in [5.74, 6) is 0.623. The summed E-state index contributed by atoms with van der Waals surface area (Å²) in [6, 6.07) is 13.3. The number of halogens is 2. The van der Waals surface area contributed by atoms with Gasteiger partial charge in [0, 0.05) is 24.1 Å². The van der Waals surface area contributed by atoms with Crippen molar-refractivity contribution in [3.63, 3.8) is 0 Å². The van der Waals surface area contributed by atoms with E-state index in [-0.39, 0.29) is 11.9 Å². The zero-order valence-corrected chi connectivity index (χ0v) is 17.4. The molecule has 1 N–H and O–H groups in total. The summed E-state index contributed by atoms with van der Waals surface area (Å²) in [5, 5.41) is 3.47. The molecule has 1 aliphatic rings. The van der Waals surface area contributed by atoms with Crippen LogP contribution in [0, 0.1) is 0 Å². The number of hydrogen-bond donors (Lipinski definition) is 1. The summed E-state index contributed by atoms with van der Waals surface area (Å²) < 4.78 is 11.5. The molecule has 1 atom stereocenters. The van der Waals surface area contributed by atoms with Crippen molar-refractivity contribution in [3.05, 3.63) is 63.1 Å². The van der Waals surface area contributed by atoms with E-state index in [0.717, 1.165) is 28.9 Å². The van der Waals surface area contributed by atoms with E-state index in [9.17, 15) is 4.79 Å². The molecule has 1 amide bonds. The second-order valence-corrected chi connectivity index (χ2v) is 7.59. The molecule has 0 bridgehead atoms. The van der Waals surface area contributed by atoms with Crippen LogP contribution in [0.4, 0.5) is 0 Å². The molecule has 0 aromatic heterocycles. The maximum atomic E-state index is 12.7. The van der Waals surface area contributed by atoms with Crippen LogP contribution in [0.25, 0.3) is 0 Å². The van der Waals surface area contributed by atoms with E-state index in [4.69, 9.17) is 21.1 Å². The number of nitrogens with one attached hydrogen (secondary N) is 1. The number of morpholine rings is 1. The lowest BCUT2D eigenvalue weighted by Crippen LogP contribution is -2.43. The standard InChI is InChI=1S/C20H22BrClN2O3/c1-26-16-5-2-14(3-6-16)19(24-8-10-27-11-9-24)13-23-20(25)17-12-15(21)4-7-18(17)22/h2-7,12,19H,8-11,13H2,1H3,(H,23,25). The van der Waals surface area contributed by atoms with Gasteiger partial charge in [-0.1, -0.05) is 39.7 Å². The van der Waals surface area contributed by atoms with E-state index >= 15 is 0 Å². The molecule has 0 radical (unpaired) electrons. The molecule has 27 heavy (non-hydrogen) atoms. The van der Waals surface area contributed by atoms with Crippen molar-refractivity contribution in [2.75, 3.05) is 40.0 Å². The van der Waals surface area contributed by atoms with Crippen molar-refractivity contribution in [1.29, 1.82) is 0 Å². The van der Waals surface area contributed by atoms with Gasteiger partial charge in [0.2, 0.25) is 0 Å². The molecule has 0 aliphatic carbocycles. The fraction of sp³-hybridized carbons (Fsp3) is 0.350. The summed E-state index contributed by atoms with van der Waals surface area (Å²) in [6.45, 7) is 3.51. The van der Waals surface area contributed by atoms with Crippen LogP contribution < -0.4 is 10.1 Å². The van der Waals surface area contributed by atoms with E-state index in [1.807, 2.05) is 30.3 Å². The van der Waals surface area contributed by atoms with E-state index in [2.05, 4.69) is 26.1 Å². The van der Waals surface area contributed by atoms with Crippen LogP contribution >= 0.6 is 27.5 Å². The average molecular weight is 454 g/mol. The fourth-order valence-electron chi connectivity index (χ4n) is 3.13. The van der Waals surface area contributed by atoms with Gasteiger partial charge in [-0.3, -0.25) is 9.69 Å². The summed E-state index contributed by atoms with van der Waals surface area (Å²) >= 11 is 9.57. The van der Waals surface area contributed by atoms with Crippen molar-refractivity contribution in [1.82, 2.24) is 10.2 Å². The molecule has 1 fully saturated rings. The quantitative estimate of drug-likeness (QED) is 0.720. The first-order chi connectivity index (χ1) is 13.1. The van der Waals surface area contributed by atoms with Gasteiger partial charge in [-0.25, -0.2) is 0 Å². The highest BCUT2D eigenvalue weighted by molar-refractivity contribution is 9.10. The van der Waals surface area contributed by atoms with Gasteiger partial charge in [-0.2, -0.15) is 0 Å². The maximum absolute atomic E-state index is 12.7. The lowest BCUT2D eigenvalue weighted by atomic mass is 10.0. The number of rotatable bonds is 6. The number of amides is 1. The van der Waals surface area contributed by atoms with E-state index in [0.29, 0.717) is 30.3 Å². The topological polar surface area (TPSA) is 50.8 Å². The van der Waals surface area contributed by atoms with Crippen LogP contribution in [-0.4, -0.2) is 50.8 Å². The fourth-order valence-corrected chi connectivity index (χ4v) is 3.69. The molecule has 0 saturated carbocycles. The number of ether oxygens (including phenoxy) is 2. The Labute approximate surface area is 172 Å². The summed E-state index contributed by atoms with van der Waals surface area (Å²) in [7, 11) is 1.65. The van der Waals surface area contributed by atoms with Crippen LogP contribution in [-0.2, 0) is 4.74 Å². The zero-order valence-electron chi connectivity index (χ0n) is 15.1. The molecule has 1 aliphatic heterocycles. The highest BCUT2D eigenvalue weighted by Gasteiger charge is 2.24. The highest BCUT2D eigenvalue weighted by Crippen LogP contribution is 2.25. The Kier molecular flexibility index (Phi) is 7.13. The van der Waals surface area contributed by atoms with Crippen molar-refractivity contribution >= 4 is 33.4 Å². The summed E-state index contributed by atoms with van der Waals surface area (Å²) in [6.07, 6.45) is 0. The lowest BCUT2D eigenvalue weighted by molar-refractivity contribution is 0.0162.